The lowest BCUT2D eigenvalue weighted by Gasteiger charge is -2.21. The van der Waals surface area contributed by atoms with E-state index in [2.05, 4.69) is 48.5 Å². The number of phosphoric ester groups is 2. The fourth-order valence-corrected chi connectivity index (χ4v) is 14.9. The molecule has 0 aromatic rings. The van der Waals surface area contributed by atoms with Gasteiger partial charge < -0.3 is 33.8 Å². The smallest absolute Gasteiger partial charge is 0.462 e. The number of aliphatic hydroxyl groups excluding tert-OH is 1. The van der Waals surface area contributed by atoms with E-state index in [-0.39, 0.29) is 25.7 Å². The van der Waals surface area contributed by atoms with Gasteiger partial charge in [0.1, 0.15) is 19.3 Å². The second kappa shape index (κ2) is 76.1. The first-order valence-electron chi connectivity index (χ1n) is 44.4. The van der Waals surface area contributed by atoms with Crippen LogP contribution in [0.4, 0.5) is 0 Å². The summed E-state index contributed by atoms with van der Waals surface area (Å²) in [4.78, 5) is 73.2. The summed E-state index contributed by atoms with van der Waals surface area (Å²) in [5.74, 6) is 0.232. The topological polar surface area (TPSA) is 237 Å². The molecule has 105 heavy (non-hydrogen) atoms. The first-order valence-corrected chi connectivity index (χ1v) is 47.4. The zero-order chi connectivity index (χ0) is 77.2. The van der Waals surface area contributed by atoms with Gasteiger partial charge in [0.2, 0.25) is 0 Å². The molecule has 624 valence electrons. The maximum absolute atomic E-state index is 13.1. The van der Waals surface area contributed by atoms with Crippen LogP contribution in [0.3, 0.4) is 0 Å². The van der Waals surface area contributed by atoms with Crippen molar-refractivity contribution >= 4 is 39.5 Å². The van der Waals surface area contributed by atoms with Crippen molar-refractivity contribution in [2.24, 2.45) is 17.8 Å². The third-order valence-electron chi connectivity index (χ3n) is 20.5. The third kappa shape index (κ3) is 78.5. The Morgan fingerprint density at radius 2 is 0.486 bits per heavy atom. The van der Waals surface area contributed by atoms with E-state index in [1.54, 1.807) is 0 Å². The SMILES string of the molecule is CCCCCCCCCCCCCCCCCCCCC(=O)OC[C@H](COP(=O)(O)OC[C@@H](O)COP(=O)(O)OC[C@@H](COC(=O)CCCCCCCCC(C)CC)OC(=O)CCCCCCCCCCCCCCCC(C)C)OC(=O)CCCCCCCCCCCCCCCCCCCCC(C)C. The predicted molar refractivity (Wildman–Crippen MR) is 432 cm³/mol. The minimum Gasteiger partial charge on any atom is -0.462 e. The first-order chi connectivity index (χ1) is 50.8. The second-order valence-electron chi connectivity index (χ2n) is 32.1. The quantitative estimate of drug-likeness (QED) is 0.0222. The number of hydrogen-bond donors (Lipinski definition) is 3. The predicted octanol–water partition coefficient (Wildman–Crippen LogP) is 26.1. The lowest BCUT2D eigenvalue weighted by molar-refractivity contribution is -0.161. The van der Waals surface area contributed by atoms with Crippen LogP contribution in [0, 0.1) is 17.8 Å². The monoisotopic (exact) mass is 1540 g/mol. The number of carbonyl (C=O) groups is 4. The Balaban J connectivity index is 5.23. The summed E-state index contributed by atoms with van der Waals surface area (Å²) in [5, 5.41) is 10.7. The van der Waals surface area contributed by atoms with Crippen LogP contribution in [0.1, 0.15) is 453 Å². The van der Waals surface area contributed by atoms with Gasteiger partial charge in [-0.05, 0) is 43.4 Å². The van der Waals surface area contributed by atoms with Gasteiger partial charge in [-0.2, -0.15) is 0 Å². The molecule has 0 saturated carbocycles. The molecule has 0 aliphatic carbocycles. The van der Waals surface area contributed by atoms with Gasteiger partial charge in [-0.3, -0.25) is 37.3 Å². The van der Waals surface area contributed by atoms with Crippen LogP contribution in [0.2, 0.25) is 0 Å². The third-order valence-corrected chi connectivity index (χ3v) is 22.4. The number of aliphatic hydroxyl groups is 1. The maximum atomic E-state index is 13.1. The number of phosphoric acid groups is 2. The average molecular weight is 1540 g/mol. The van der Waals surface area contributed by atoms with Crippen molar-refractivity contribution < 1.29 is 80.2 Å². The van der Waals surface area contributed by atoms with E-state index in [0.717, 1.165) is 114 Å². The molecule has 0 aliphatic rings. The van der Waals surface area contributed by atoms with Gasteiger partial charge in [0.15, 0.2) is 12.2 Å². The number of unbranched alkanes of at least 4 members (excludes halogenated alkanes) is 51. The summed E-state index contributed by atoms with van der Waals surface area (Å²) in [6.45, 7) is 12.0. The first kappa shape index (κ1) is 103. The van der Waals surface area contributed by atoms with E-state index < -0.39 is 97.5 Å². The highest BCUT2D eigenvalue weighted by Crippen LogP contribution is 2.45. The number of esters is 4. The van der Waals surface area contributed by atoms with Crippen molar-refractivity contribution in [2.45, 2.75) is 471 Å². The molecular weight excluding hydrogens is 1370 g/mol. The largest absolute Gasteiger partial charge is 0.472 e. The van der Waals surface area contributed by atoms with Crippen molar-refractivity contribution in [3.8, 4) is 0 Å². The molecule has 0 aromatic heterocycles. The van der Waals surface area contributed by atoms with E-state index in [0.29, 0.717) is 25.7 Å². The Labute approximate surface area is 645 Å². The van der Waals surface area contributed by atoms with Crippen molar-refractivity contribution in [1.29, 1.82) is 0 Å². The Kier molecular flexibility index (Phi) is 74.7. The summed E-state index contributed by atoms with van der Waals surface area (Å²) in [5.41, 5.74) is 0. The average Bonchev–Trinajstić information content (AvgIpc) is 0.912. The maximum Gasteiger partial charge on any atom is 0.472 e. The summed E-state index contributed by atoms with van der Waals surface area (Å²) in [6.07, 6.45) is 66.7. The highest BCUT2D eigenvalue weighted by atomic mass is 31.2. The minimum atomic E-state index is -4.97. The lowest BCUT2D eigenvalue weighted by atomic mass is 10.00. The zero-order valence-electron chi connectivity index (χ0n) is 69.2. The van der Waals surface area contributed by atoms with Crippen molar-refractivity contribution in [3.63, 3.8) is 0 Å². The molecule has 0 aromatic carbocycles. The molecule has 0 heterocycles. The van der Waals surface area contributed by atoms with Crippen LogP contribution in [0.25, 0.3) is 0 Å². The fourth-order valence-electron chi connectivity index (χ4n) is 13.3. The van der Waals surface area contributed by atoms with Gasteiger partial charge >= 0.3 is 39.5 Å². The summed E-state index contributed by atoms with van der Waals surface area (Å²) in [7, 11) is -9.93. The highest BCUT2D eigenvalue weighted by molar-refractivity contribution is 7.47. The molecule has 0 amide bonds. The van der Waals surface area contributed by atoms with Gasteiger partial charge in [0.05, 0.1) is 26.4 Å². The van der Waals surface area contributed by atoms with Crippen molar-refractivity contribution in [2.75, 3.05) is 39.6 Å². The van der Waals surface area contributed by atoms with Crippen LogP contribution < -0.4 is 0 Å². The van der Waals surface area contributed by atoms with Crippen LogP contribution in [-0.4, -0.2) is 96.7 Å². The number of rotatable bonds is 84. The molecule has 6 atom stereocenters. The molecule has 0 radical (unpaired) electrons. The van der Waals surface area contributed by atoms with Gasteiger partial charge in [0.25, 0.3) is 0 Å². The fraction of sp³-hybridized carbons (Fsp3) is 0.953. The molecule has 3 N–H and O–H groups in total. The number of ether oxygens (including phenoxy) is 4. The van der Waals surface area contributed by atoms with Crippen molar-refractivity contribution in [3.05, 3.63) is 0 Å². The second-order valence-corrected chi connectivity index (χ2v) is 35.0. The minimum absolute atomic E-state index is 0.106. The van der Waals surface area contributed by atoms with Crippen LogP contribution >= 0.6 is 15.6 Å². The molecule has 0 spiro atoms. The molecule has 0 aliphatic heterocycles. The standard InChI is InChI=1S/C86H168O17P2/c1-8-10-11-12-13-14-15-16-17-18-22-25-30-35-40-45-53-60-67-83(88)96-73-81(102-85(90)69-62-55-46-41-36-31-26-23-20-19-21-24-28-33-38-43-50-57-64-77(3)4)75-100-104(92,93)98-71-80(87)72-99-105(94,95)101-76-82(74-97-84(89)68-61-54-49-48-52-59-66-79(7)9-2)103-86(91)70-63-56-47-42-37-32-27-29-34-39-44-51-58-65-78(5)6/h77-82,87H,8-76H2,1-7H3,(H,92,93)(H,94,95)/t79?,80-,81-,82-/m1/s1. The molecule has 0 bridgehead atoms. The lowest BCUT2D eigenvalue weighted by Crippen LogP contribution is -2.30. The van der Waals surface area contributed by atoms with E-state index in [1.807, 2.05) is 0 Å². The summed E-state index contributed by atoms with van der Waals surface area (Å²) in [6, 6.07) is 0. The highest BCUT2D eigenvalue weighted by Gasteiger charge is 2.30. The normalized spacial score (nSPS) is 14.1. The molecule has 17 nitrogen and oxygen atoms in total. The van der Waals surface area contributed by atoms with E-state index in [9.17, 15) is 43.2 Å². The van der Waals surface area contributed by atoms with Gasteiger partial charge in [-0.1, -0.05) is 402 Å². The number of hydrogen-bond acceptors (Lipinski definition) is 15. The van der Waals surface area contributed by atoms with Crippen LogP contribution in [0.5, 0.6) is 0 Å². The molecular formula is C86H168O17P2. The summed E-state index contributed by atoms with van der Waals surface area (Å²) < 4.78 is 68.9. The van der Waals surface area contributed by atoms with E-state index >= 15 is 0 Å². The van der Waals surface area contributed by atoms with E-state index in [1.165, 1.54) is 257 Å². The Hall–Kier alpha value is -1.94. The molecule has 0 fully saturated rings. The van der Waals surface area contributed by atoms with Crippen molar-refractivity contribution in [1.82, 2.24) is 0 Å². The van der Waals surface area contributed by atoms with Crippen LogP contribution in [-0.2, 0) is 65.4 Å². The van der Waals surface area contributed by atoms with Crippen LogP contribution in [0.15, 0.2) is 0 Å². The molecule has 0 saturated heterocycles. The van der Waals surface area contributed by atoms with Gasteiger partial charge in [0, 0.05) is 25.7 Å². The Morgan fingerprint density at radius 3 is 0.724 bits per heavy atom. The molecule has 19 heteroatoms. The Bertz CT molecular complexity index is 2030. The van der Waals surface area contributed by atoms with E-state index in [4.69, 9.17) is 37.0 Å². The Morgan fingerprint density at radius 1 is 0.276 bits per heavy atom. The zero-order valence-corrected chi connectivity index (χ0v) is 71.0. The summed E-state index contributed by atoms with van der Waals surface area (Å²) >= 11 is 0. The molecule has 0 rings (SSSR count). The van der Waals surface area contributed by atoms with Gasteiger partial charge in [-0.25, -0.2) is 9.13 Å². The molecule has 3 unspecified atom stereocenters. The van der Waals surface area contributed by atoms with Gasteiger partial charge in [-0.15, -0.1) is 0 Å². The number of carbonyl (C=O) groups excluding carboxylic acids is 4.